The van der Waals surface area contributed by atoms with Crippen molar-refractivity contribution in [3.05, 3.63) is 64.6 Å². The molecule has 0 spiro atoms. The Morgan fingerprint density at radius 1 is 1.10 bits per heavy atom. The quantitative estimate of drug-likeness (QED) is 0.698. The normalized spacial score (nSPS) is 14.0. The van der Waals surface area contributed by atoms with E-state index >= 15 is 0 Å². The van der Waals surface area contributed by atoms with E-state index in [1.807, 2.05) is 0 Å². The summed E-state index contributed by atoms with van der Waals surface area (Å²) in [5.41, 5.74) is -0.335. The van der Waals surface area contributed by atoms with Gasteiger partial charge in [0.1, 0.15) is 11.4 Å². The van der Waals surface area contributed by atoms with E-state index in [9.17, 15) is 19.5 Å². The number of rotatable bonds is 3. The molecule has 0 aliphatic carbocycles. The maximum absolute atomic E-state index is 12.8. The molecule has 2 N–H and O–H groups in total. The number of hydrogen-bond acceptors (Lipinski definition) is 6. The number of hydrogen-bond donors (Lipinski definition) is 2. The lowest BCUT2D eigenvalue weighted by Crippen LogP contribution is -2.36. The van der Waals surface area contributed by atoms with Crippen molar-refractivity contribution in [2.45, 2.75) is 0 Å². The van der Waals surface area contributed by atoms with Crippen LogP contribution in [0.3, 0.4) is 0 Å². The predicted octanol–water partition coefficient (Wildman–Crippen LogP) is 2.01. The number of morpholine rings is 1. The second-order valence-electron chi connectivity index (χ2n) is 6.50. The molecule has 1 aromatic carbocycles. The van der Waals surface area contributed by atoms with Crippen LogP contribution in [0, 0.1) is 0 Å². The first kappa shape index (κ1) is 18.6. The molecule has 29 heavy (non-hydrogen) atoms. The van der Waals surface area contributed by atoms with Gasteiger partial charge in [-0.05, 0) is 24.3 Å². The predicted molar refractivity (Wildman–Crippen MR) is 107 cm³/mol. The van der Waals surface area contributed by atoms with Gasteiger partial charge in [-0.3, -0.25) is 9.36 Å². The molecule has 1 saturated heterocycles. The second kappa shape index (κ2) is 7.72. The van der Waals surface area contributed by atoms with Gasteiger partial charge in [0.2, 0.25) is 5.43 Å². The third kappa shape index (κ3) is 3.67. The average Bonchev–Trinajstić information content (AvgIpc) is 2.75. The molecule has 1 aliphatic heterocycles. The Labute approximate surface area is 165 Å². The summed E-state index contributed by atoms with van der Waals surface area (Å²) < 4.78 is 6.44. The zero-order valence-corrected chi connectivity index (χ0v) is 15.4. The molecule has 1 fully saturated rings. The summed E-state index contributed by atoms with van der Waals surface area (Å²) in [6.07, 6.45) is 2.57. The summed E-state index contributed by atoms with van der Waals surface area (Å²) in [7, 11) is 0. The first-order valence-electron chi connectivity index (χ1n) is 9.02. The number of carbonyl (C=O) groups is 2. The summed E-state index contributed by atoms with van der Waals surface area (Å²) in [4.78, 5) is 43.0. The SMILES string of the molecule is O=C(O)c1cn(C(=O)Nc2ccc(N3CCOCC3)nc2)c2ccccc2c1=O. The van der Waals surface area contributed by atoms with Crippen molar-refractivity contribution in [3.63, 3.8) is 0 Å². The molecule has 0 radical (unpaired) electrons. The molecule has 1 aliphatic rings. The molecule has 148 valence electrons. The van der Waals surface area contributed by atoms with Crippen LogP contribution in [-0.2, 0) is 4.74 Å². The zero-order valence-electron chi connectivity index (χ0n) is 15.4. The molecule has 0 saturated carbocycles. The highest BCUT2D eigenvalue weighted by Gasteiger charge is 2.18. The fourth-order valence-corrected chi connectivity index (χ4v) is 3.22. The third-order valence-corrected chi connectivity index (χ3v) is 4.69. The number of para-hydroxylation sites is 1. The van der Waals surface area contributed by atoms with Crippen molar-refractivity contribution in [1.82, 2.24) is 9.55 Å². The Morgan fingerprint density at radius 3 is 2.55 bits per heavy atom. The Morgan fingerprint density at radius 2 is 1.86 bits per heavy atom. The number of aromatic nitrogens is 2. The standard InChI is InChI=1S/C20H18N4O5/c25-18-14-3-1-2-4-16(14)24(12-15(18)19(26)27)20(28)22-13-5-6-17(21-11-13)23-7-9-29-10-8-23/h1-6,11-12H,7-10H2,(H,22,28)(H,26,27). The van der Waals surface area contributed by atoms with Gasteiger partial charge < -0.3 is 20.1 Å². The first-order valence-corrected chi connectivity index (χ1v) is 9.02. The van der Waals surface area contributed by atoms with Crippen LogP contribution in [0.4, 0.5) is 16.3 Å². The van der Waals surface area contributed by atoms with Crippen LogP contribution in [-0.4, -0.2) is 53.0 Å². The van der Waals surface area contributed by atoms with Gasteiger partial charge in [0.15, 0.2) is 0 Å². The fraction of sp³-hybridized carbons (Fsp3) is 0.200. The number of anilines is 2. The lowest BCUT2D eigenvalue weighted by atomic mass is 10.1. The van der Waals surface area contributed by atoms with Crippen molar-refractivity contribution >= 4 is 34.4 Å². The molecular formula is C20H18N4O5. The lowest BCUT2D eigenvalue weighted by Gasteiger charge is -2.27. The van der Waals surface area contributed by atoms with E-state index in [0.29, 0.717) is 24.4 Å². The second-order valence-corrected chi connectivity index (χ2v) is 6.50. The number of pyridine rings is 2. The minimum atomic E-state index is -1.39. The first-order chi connectivity index (χ1) is 14.0. The highest BCUT2D eigenvalue weighted by Crippen LogP contribution is 2.17. The molecule has 0 unspecified atom stereocenters. The Balaban J connectivity index is 1.63. The third-order valence-electron chi connectivity index (χ3n) is 4.69. The number of nitrogens with zero attached hydrogens (tertiary/aromatic N) is 3. The van der Waals surface area contributed by atoms with Gasteiger partial charge in [-0.15, -0.1) is 0 Å². The number of carboxylic acid groups (broad SMARTS) is 1. The molecule has 1 amide bonds. The van der Waals surface area contributed by atoms with Gasteiger partial charge in [-0.25, -0.2) is 14.6 Å². The minimum absolute atomic E-state index is 0.156. The molecule has 2 aromatic heterocycles. The van der Waals surface area contributed by atoms with Crippen LogP contribution in [0.5, 0.6) is 0 Å². The minimum Gasteiger partial charge on any atom is -0.477 e. The highest BCUT2D eigenvalue weighted by atomic mass is 16.5. The molecule has 0 atom stereocenters. The maximum Gasteiger partial charge on any atom is 0.341 e. The Hall–Kier alpha value is -3.72. The molecule has 0 bridgehead atoms. The van der Waals surface area contributed by atoms with Crippen LogP contribution >= 0.6 is 0 Å². The molecule has 3 aromatic rings. The summed E-state index contributed by atoms with van der Waals surface area (Å²) in [5, 5.41) is 12.2. The van der Waals surface area contributed by atoms with Crippen LogP contribution in [0.15, 0.2) is 53.6 Å². The average molecular weight is 394 g/mol. The van der Waals surface area contributed by atoms with E-state index in [1.165, 1.54) is 12.3 Å². The molecule has 9 nitrogen and oxygen atoms in total. The number of nitrogens with one attached hydrogen (secondary N) is 1. The van der Waals surface area contributed by atoms with E-state index < -0.39 is 23.0 Å². The van der Waals surface area contributed by atoms with Crippen LogP contribution in [0.2, 0.25) is 0 Å². The van der Waals surface area contributed by atoms with E-state index in [0.717, 1.165) is 29.7 Å². The van der Waals surface area contributed by atoms with Crippen molar-refractivity contribution < 1.29 is 19.4 Å². The summed E-state index contributed by atoms with van der Waals surface area (Å²) in [6, 6.07) is 9.29. The number of ether oxygens (including phenoxy) is 1. The zero-order chi connectivity index (χ0) is 20.4. The lowest BCUT2D eigenvalue weighted by molar-refractivity contribution is 0.0695. The van der Waals surface area contributed by atoms with Crippen molar-refractivity contribution in [2.75, 3.05) is 36.5 Å². The smallest absolute Gasteiger partial charge is 0.341 e. The molecule has 3 heterocycles. The van der Waals surface area contributed by atoms with Crippen molar-refractivity contribution in [1.29, 1.82) is 0 Å². The largest absolute Gasteiger partial charge is 0.477 e. The van der Waals surface area contributed by atoms with Crippen LogP contribution in [0.1, 0.15) is 10.4 Å². The van der Waals surface area contributed by atoms with Crippen molar-refractivity contribution in [3.8, 4) is 0 Å². The number of carbonyl (C=O) groups excluding carboxylic acids is 1. The van der Waals surface area contributed by atoms with Gasteiger partial charge in [-0.1, -0.05) is 12.1 Å². The van der Waals surface area contributed by atoms with Gasteiger partial charge >= 0.3 is 12.0 Å². The summed E-state index contributed by atoms with van der Waals surface area (Å²) >= 11 is 0. The number of carboxylic acids is 1. The van der Waals surface area contributed by atoms with E-state index in [1.54, 1.807) is 30.3 Å². The topological polar surface area (TPSA) is 114 Å². The van der Waals surface area contributed by atoms with Gasteiger partial charge in [-0.2, -0.15) is 0 Å². The number of fused-ring (bicyclic) bond motifs is 1. The summed E-state index contributed by atoms with van der Waals surface area (Å²) in [5.74, 6) is -0.605. The maximum atomic E-state index is 12.8. The van der Waals surface area contributed by atoms with E-state index in [4.69, 9.17) is 4.74 Å². The Bertz CT molecular complexity index is 1130. The molecular weight excluding hydrogens is 376 g/mol. The van der Waals surface area contributed by atoms with E-state index in [-0.39, 0.29) is 5.39 Å². The van der Waals surface area contributed by atoms with Gasteiger partial charge in [0.25, 0.3) is 0 Å². The van der Waals surface area contributed by atoms with E-state index in [2.05, 4.69) is 15.2 Å². The molecule has 4 rings (SSSR count). The number of benzene rings is 1. The Kier molecular flexibility index (Phi) is 4.96. The monoisotopic (exact) mass is 394 g/mol. The highest BCUT2D eigenvalue weighted by molar-refractivity contribution is 6.00. The number of aromatic carboxylic acids is 1. The fourth-order valence-electron chi connectivity index (χ4n) is 3.22. The van der Waals surface area contributed by atoms with Crippen LogP contribution in [0.25, 0.3) is 10.9 Å². The van der Waals surface area contributed by atoms with Crippen LogP contribution < -0.4 is 15.6 Å². The van der Waals surface area contributed by atoms with Gasteiger partial charge in [0, 0.05) is 24.7 Å². The summed E-state index contributed by atoms with van der Waals surface area (Å²) in [6.45, 7) is 2.79. The number of amides is 1. The van der Waals surface area contributed by atoms with Gasteiger partial charge in [0.05, 0.1) is 30.6 Å². The van der Waals surface area contributed by atoms with Crippen molar-refractivity contribution in [2.24, 2.45) is 0 Å². The molecule has 9 heteroatoms.